The van der Waals surface area contributed by atoms with E-state index in [4.69, 9.17) is 9.15 Å². The Hall–Kier alpha value is -1.53. The number of nitrogens with one attached hydrogen (secondary N) is 1. The molecule has 0 saturated heterocycles. The summed E-state index contributed by atoms with van der Waals surface area (Å²) in [5.41, 5.74) is 1.33. The molecular formula is C15H18F3NO2. The maximum atomic E-state index is 12.2. The number of para-hydroxylation sites is 1. The Morgan fingerprint density at radius 2 is 1.95 bits per heavy atom. The van der Waals surface area contributed by atoms with Crippen LogP contribution in [0.2, 0.25) is 0 Å². The summed E-state index contributed by atoms with van der Waals surface area (Å²) in [5.74, 6) is 0.618. The lowest BCUT2D eigenvalue weighted by Crippen LogP contribution is -2.22. The van der Waals surface area contributed by atoms with Crippen molar-refractivity contribution in [2.24, 2.45) is 0 Å². The number of hydrogen-bond donors (Lipinski definition) is 1. The van der Waals surface area contributed by atoms with Crippen LogP contribution in [0.15, 0.2) is 28.7 Å². The fourth-order valence-corrected chi connectivity index (χ4v) is 2.02. The van der Waals surface area contributed by atoms with Crippen LogP contribution in [-0.2, 0) is 17.9 Å². The van der Waals surface area contributed by atoms with Crippen LogP contribution >= 0.6 is 0 Å². The second kappa shape index (κ2) is 6.49. The number of benzene rings is 1. The Balaban J connectivity index is 2.19. The molecule has 1 aromatic carbocycles. The Bertz CT molecular complexity index is 590. The first-order valence-electron chi connectivity index (χ1n) is 6.74. The SMILES string of the molecule is CC(C)NCc1oc2ccccc2c1COCC(F)(F)F. The molecule has 0 aliphatic heterocycles. The van der Waals surface area contributed by atoms with E-state index in [-0.39, 0.29) is 12.6 Å². The van der Waals surface area contributed by atoms with E-state index < -0.39 is 12.8 Å². The molecular weight excluding hydrogens is 283 g/mol. The van der Waals surface area contributed by atoms with Gasteiger partial charge >= 0.3 is 6.18 Å². The van der Waals surface area contributed by atoms with Crippen molar-refractivity contribution in [1.82, 2.24) is 5.32 Å². The molecule has 0 atom stereocenters. The van der Waals surface area contributed by atoms with Crippen molar-refractivity contribution in [3.63, 3.8) is 0 Å². The Kier molecular flexibility index (Phi) is 4.90. The molecule has 0 bridgehead atoms. The van der Waals surface area contributed by atoms with Gasteiger partial charge in [0.05, 0.1) is 13.2 Å². The van der Waals surface area contributed by atoms with Crippen LogP contribution in [0.5, 0.6) is 0 Å². The van der Waals surface area contributed by atoms with Gasteiger partial charge in [-0.2, -0.15) is 13.2 Å². The average molecular weight is 301 g/mol. The van der Waals surface area contributed by atoms with Gasteiger partial charge in [0.15, 0.2) is 0 Å². The zero-order valence-corrected chi connectivity index (χ0v) is 12.0. The van der Waals surface area contributed by atoms with Gasteiger partial charge in [0.1, 0.15) is 18.0 Å². The topological polar surface area (TPSA) is 34.4 Å². The molecule has 0 radical (unpaired) electrons. The molecule has 2 rings (SSSR count). The van der Waals surface area contributed by atoms with Gasteiger partial charge < -0.3 is 14.5 Å². The van der Waals surface area contributed by atoms with Crippen LogP contribution < -0.4 is 5.32 Å². The van der Waals surface area contributed by atoms with Crippen molar-refractivity contribution in [1.29, 1.82) is 0 Å². The number of hydrogen-bond acceptors (Lipinski definition) is 3. The molecule has 0 unspecified atom stereocenters. The summed E-state index contributed by atoms with van der Waals surface area (Å²) in [7, 11) is 0. The van der Waals surface area contributed by atoms with E-state index in [9.17, 15) is 13.2 Å². The van der Waals surface area contributed by atoms with Crippen molar-refractivity contribution in [2.75, 3.05) is 6.61 Å². The predicted molar refractivity (Wildman–Crippen MR) is 73.9 cm³/mol. The lowest BCUT2D eigenvalue weighted by Gasteiger charge is -2.10. The van der Waals surface area contributed by atoms with Crippen molar-refractivity contribution in [3.8, 4) is 0 Å². The van der Waals surface area contributed by atoms with Crippen LogP contribution in [0.3, 0.4) is 0 Å². The zero-order chi connectivity index (χ0) is 15.5. The highest BCUT2D eigenvalue weighted by molar-refractivity contribution is 5.82. The summed E-state index contributed by atoms with van der Waals surface area (Å²) in [4.78, 5) is 0. The highest BCUT2D eigenvalue weighted by atomic mass is 19.4. The molecule has 21 heavy (non-hydrogen) atoms. The summed E-state index contributed by atoms with van der Waals surface area (Å²) in [6.07, 6.45) is -4.32. The van der Waals surface area contributed by atoms with Crippen LogP contribution in [0, 0.1) is 0 Å². The van der Waals surface area contributed by atoms with Gasteiger partial charge in [-0.15, -0.1) is 0 Å². The van der Waals surface area contributed by atoms with Crippen LogP contribution in [0.1, 0.15) is 25.2 Å². The lowest BCUT2D eigenvalue weighted by atomic mass is 10.1. The largest absolute Gasteiger partial charge is 0.459 e. The summed E-state index contributed by atoms with van der Waals surface area (Å²) in [6.45, 7) is 3.05. The molecule has 0 fully saturated rings. The number of alkyl halides is 3. The minimum absolute atomic E-state index is 0.119. The predicted octanol–water partition coefficient (Wildman–Crippen LogP) is 4.01. The maximum absolute atomic E-state index is 12.2. The van der Waals surface area contributed by atoms with Gasteiger partial charge in [-0.25, -0.2) is 0 Å². The molecule has 0 aliphatic carbocycles. The molecule has 1 heterocycles. The fraction of sp³-hybridized carbons (Fsp3) is 0.467. The minimum Gasteiger partial charge on any atom is -0.459 e. The molecule has 0 saturated carbocycles. The molecule has 116 valence electrons. The Morgan fingerprint density at radius 1 is 1.24 bits per heavy atom. The van der Waals surface area contributed by atoms with E-state index >= 15 is 0 Å². The second-order valence-electron chi connectivity index (χ2n) is 5.14. The maximum Gasteiger partial charge on any atom is 0.411 e. The number of halogens is 3. The van der Waals surface area contributed by atoms with Crippen molar-refractivity contribution in [3.05, 3.63) is 35.6 Å². The lowest BCUT2D eigenvalue weighted by molar-refractivity contribution is -0.176. The zero-order valence-electron chi connectivity index (χ0n) is 12.0. The number of rotatable bonds is 6. The first kappa shape index (κ1) is 15.9. The Morgan fingerprint density at radius 3 is 2.62 bits per heavy atom. The Labute approximate surface area is 121 Å². The van der Waals surface area contributed by atoms with E-state index in [1.165, 1.54) is 0 Å². The smallest absolute Gasteiger partial charge is 0.411 e. The molecule has 3 nitrogen and oxygen atoms in total. The van der Waals surface area contributed by atoms with E-state index in [2.05, 4.69) is 5.32 Å². The third kappa shape index (κ3) is 4.47. The number of fused-ring (bicyclic) bond motifs is 1. The molecule has 2 aromatic rings. The van der Waals surface area contributed by atoms with E-state index in [1.54, 1.807) is 6.07 Å². The van der Waals surface area contributed by atoms with Gasteiger partial charge in [-0.05, 0) is 6.07 Å². The molecule has 1 aromatic heterocycles. The van der Waals surface area contributed by atoms with Crippen molar-refractivity contribution >= 4 is 11.0 Å². The van der Waals surface area contributed by atoms with E-state index in [0.29, 0.717) is 23.5 Å². The first-order chi connectivity index (χ1) is 9.87. The highest BCUT2D eigenvalue weighted by Crippen LogP contribution is 2.27. The summed E-state index contributed by atoms with van der Waals surface area (Å²) >= 11 is 0. The van der Waals surface area contributed by atoms with Gasteiger partial charge in [0, 0.05) is 17.0 Å². The van der Waals surface area contributed by atoms with Gasteiger partial charge in [-0.3, -0.25) is 0 Å². The van der Waals surface area contributed by atoms with Crippen LogP contribution in [0.4, 0.5) is 13.2 Å². The average Bonchev–Trinajstić information content (AvgIpc) is 2.73. The monoisotopic (exact) mass is 301 g/mol. The second-order valence-corrected chi connectivity index (χ2v) is 5.14. The fourth-order valence-electron chi connectivity index (χ4n) is 2.02. The van der Waals surface area contributed by atoms with Crippen molar-refractivity contribution < 1.29 is 22.3 Å². The van der Waals surface area contributed by atoms with E-state index in [0.717, 1.165) is 5.39 Å². The summed E-state index contributed by atoms with van der Waals surface area (Å²) in [6, 6.07) is 7.52. The highest BCUT2D eigenvalue weighted by Gasteiger charge is 2.28. The summed E-state index contributed by atoms with van der Waals surface area (Å²) < 4.78 is 47.1. The van der Waals surface area contributed by atoms with E-state index in [1.807, 2.05) is 32.0 Å². The normalized spacial score (nSPS) is 12.5. The third-order valence-electron chi connectivity index (χ3n) is 2.96. The minimum atomic E-state index is -4.32. The molecule has 0 aliphatic rings. The molecule has 0 amide bonds. The molecule has 0 spiro atoms. The standard InChI is InChI=1S/C15H18F3NO2/c1-10(2)19-7-14-12(8-20-9-15(16,17)18)11-5-3-4-6-13(11)21-14/h3-6,10,19H,7-9H2,1-2H3. The first-order valence-corrected chi connectivity index (χ1v) is 6.74. The van der Waals surface area contributed by atoms with Gasteiger partial charge in [0.2, 0.25) is 0 Å². The third-order valence-corrected chi connectivity index (χ3v) is 2.96. The van der Waals surface area contributed by atoms with Gasteiger partial charge in [-0.1, -0.05) is 32.0 Å². The number of furan rings is 1. The molecule has 1 N–H and O–H groups in total. The van der Waals surface area contributed by atoms with Gasteiger partial charge in [0.25, 0.3) is 0 Å². The number of ether oxygens (including phenoxy) is 1. The van der Waals surface area contributed by atoms with Crippen LogP contribution in [0.25, 0.3) is 11.0 Å². The summed E-state index contributed by atoms with van der Waals surface area (Å²) in [5, 5.41) is 3.99. The molecule has 6 heteroatoms. The van der Waals surface area contributed by atoms with Crippen molar-refractivity contribution in [2.45, 2.75) is 39.2 Å². The quantitative estimate of drug-likeness (QED) is 0.875. The van der Waals surface area contributed by atoms with Crippen LogP contribution in [-0.4, -0.2) is 18.8 Å².